The maximum absolute atomic E-state index is 5.86. The van der Waals surface area contributed by atoms with Gasteiger partial charge in [-0.15, -0.1) is 0 Å². The molecule has 4 heteroatoms. The number of nitrogens with two attached hydrogens (primary N) is 1. The molecule has 20 heavy (non-hydrogen) atoms. The molecule has 1 aliphatic rings. The van der Waals surface area contributed by atoms with E-state index in [4.69, 9.17) is 5.73 Å². The summed E-state index contributed by atoms with van der Waals surface area (Å²) in [6.07, 6.45) is 11.8. The molecule has 0 aromatic heterocycles. The van der Waals surface area contributed by atoms with Gasteiger partial charge in [-0.05, 0) is 45.3 Å². The van der Waals surface area contributed by atoms with Gasteiger partial charge in [0.05, 0.1) is 0 Å². The van der Waals surface area contributed by atoms with Gasteiger partial charge in [-0.1, -0.05) is 39.0 Å². The predicted molar refractivity (Wildman–Crippen MR) is 88.2 cm³/mol. The summed E-state index contributed by atoms with van der Waals surface area (Å²) in [6.45, 7) is 7.79. The first kappa shape index (κ1) is 17.3. The Morgan fingerprint density at radius 2 is 1.75 bits per heavy atom. The van der Waals surface area contributed by atoms with E-state index in [2.05, 4.69) is 22.1 Å². The van der Waals surface area contributed by atoms with Crippen molar-refractivity contribution >= 4 is 5.96 Å². The molecule has 0 atom stereocenters. The van der Waals surface area contributed by atoms with Gasteiger partial charge in [0.2, 0.25) is 0 Å². The van der Waals surface area contributed by atoms with E-state index < -0.39 is 0 Å². The summed E-state index contributed by atoms with van der Waals surface area (Å²) in [5.74, 6) is 0.625. The predicted octanol–water partition coefficient (Wildman–Crippen LogP) is 2.74. The van der Waals surface area contributed by atoms with Crippen LogP contribution in [-0.4, -0.2) is 43.6 Å². The smallest absolute Gasteiger partial charge is 0.188 e. The first-order chi connectivity index (χ1) is 9.83. The number of aliphatic imine (C=N–C) groups is 1. The van der Waals surface area contributed by atoms with Crippen LogP contribution >= 0.6 is 0 Å². The van der Waals surface area contributed by atoms with Crippen LogP contribution in [0.3, 0.4) is 0 Å². The van der Waals surface area contributed by atoms with Crippen LogP contribution in [0.5, 0.6) is 0 Å². The summed E-state index contributed by atoms with van der Waals surface area (Å²) in [7, 11) is 0. The maximum atomic E-state index is 5.86. The van der Waals surface area contributed by atoms with Crippen molar-refractivity contribution < 1.29 is 0 Å². The van der Waals surface area contributed by atoms with Gasteiger partial charge in [-0.3, -0.25) is 4.99 Å². The molecular weight excluding hydrogens is 248 g/mol. The quantitative estimate of drug-likeness (QED) is 0.348. The topological polar surface area (TPSA) is 53.6 Å². The fraction of sp³-hybridized carbons (Fsp3) is 0.938. The minimum atomic E-state index is 0.625. The first-order valence-electron chi connectivity index (χ1n) is 8.59. The molecule has 0 aliphatic carbocycles. The van der Waals surface area contributed by atoms with Crippen LogP contribution in [-0.2, 0) is 0 Å². The highest BCUT2D eigenvalue weighted by Crippen LogP contribution is 2.07. The molecule has 4 nitrogen and oxygen atoms in total. The van der Waals surface area contributed by atoms with Crippen LogP contribution in [0, 0.1) is 0 Å². The van der Waals surface area contributed by atoms with Crippen molar-refractivity contribution in [1.29, 1.82) is 0 Å². The van der Waals surface area contributed by atoms with Crippen molar-refractivity contribution in [2.75, 3.05) is 32.7 Å². The van der Waals surface area contributed by atoms with E-state index in [0.717, 1.165) is 19.5 Å². The van der Waals surface area contributed by atoms with Gasteiger partial charge in [0, 0.05) is 13.1 Å². The van der Waals surface area contributed by atoms with E-state index in [9.17, 15) is 0 Å². The van der Waals surface area contributed by atoms with Gasteiger partial charge in [0.1, 0.15) is 0 Å². The monoisotopic (exact) mass is 282 g/mol. The molecule has 0 saturated carbocycles. The Labute approximate surface area is 125 Å². The minimum absolute atomic E-state index is 0.625. The molecule has 0 spiro atoms. The van der Waals surface area contributed by atoms with Crippen molar-refractivity contribution in [1.82, 2.24) is 10.2 Å². The number of likely N-dealkylation sites (tertiary alicyclic amines) is 1. The largest absolute Gasteiger partial charge is 0.370 e. The normalized spacial score (nSPS) is 16.8. The van der Waals surface area contributed by atoms with Crippen molar-refractivity contribution in [2.45, 2.75) is 64.7 Å². The third-order valence-corrected chi connectivity index (χ3v) is 3.95. The molecule has 0 amide bonds. The summed E-state index contributed by atoms with van der Waals surface area (Å²) in [6, 6.07) is 0. The summed E-state index contributed by atoms with van der Waals surface area (Å²) in [5.41, 5.74) is 5.86. The molecule has 3 N–H and O–H groups in total. The molecule has 0 aromatic rings. The van der Waals surface area contributed by atoms with Crippen molar-refractivity contribution in [3.8, 4) is 0 Å². The average Bonchev–Trinajstić information content (AvgIpc) is 2.96. The van der Waals surface area contributed by atoms with Gasteiger partial charge in [-0.2, -0.15) is 0 Å². The molecule has 118 valence electrons. The molecule has 1 fully saturated rings. The minimum Gasteiger partial charge on any atom is -0.370 e. The van der Waals surface area contributed by atoms with E-state index in [1.54, 1.807) is 0 Å². The maximum Gasteiger partial charge on any atom is 0.188 e. The summed E-state index contributed by atoms with van der Waals surface area (Å²) >= 11 is 0. The van der Waals surface area contributed by atoms with Gasteiger partial charge >= 0.3 is 0 Å². The number of unbranched alkanes of at least 4 members (excludes halogenated alkanes) is 5. The zero-order valence-electron chi connectivity index (χ0n) is 13.4. The summed E-state index contributed by atoms with van der Waals surface area (Å²) in [4.78, 5) is 6.91. The van der Waals surface area contributed by atoms with E-state index in [0.29, 0.717) is 5.96 Å². The van der Waals surface area contributed by atoms with Crippen LogP contribution in [0.4, 0.5) is 0 Å². The Balaban J connectivity index is 1.87. The number of rotatable bonds is 11. The van der Waals surface area contributed by atoms with Crippen LogP contribution < -0.4 is 11.1 Å². The Bertz CT molecular complexity index is 247. The van der Waals surface area contributed by atoms with E-state index in [1.807, 2.05) is 0 Å². The van der Waals surface area contributed by atoms with Gasteiger partial charge in [-0.25, -0.2) is 0 Å². The highest BCUT2D eigenvalue weighted by Gasteiger charge is 2.09. The Hall–Kier alpha value is -0.770. The van der Waals surface area contributed by atoms with Crippen LogP contribution in [0.25, 0.3) is 0 Å². The fourth-order valence-electron chi connectivity index (χ4n) is 2.68. The number of nitrogens with one attached hydrogen (secondary N) is 1. The van der Waals surface area contributed by atoms with Gasteiger partial charge in [0.15, 0.2) is 5.96 Å². The SMILES string of the molecule is CCCCCCCCNC(N)=NCCCN1CCCC1. The third-order valence-electron chi connectivity index (χ3n) is 3.95. The number of guanidine groups is 1. The molecule has 1 heterocycles. The second kappa shape index (κ2) is 12.0. The lowest BCUT2D eigenvalue weighted by molar-refractivity contribution is 0.336. The Morgan fingerprint density at radius 3 is 2.50 bits per heavy atom. The standard InChI is InChI=1S/C16H34N4/c1-2-3-4-5-6-7-11-18-16(17)19-12-10-15-20-13-8-9-14-20/h2-15H2,1H3,(H3,17,18,19). The van der Waals surface area contributed by atoms with Gasteiger partial charge in [0.25, 0.3) is 0 Å². The van der Waals surface area contributed by atoms with Crippen molar-refractivity contribution in [3.63, 3.8) is 0 Å². The lowest BCUT2D eigenvalue weighted by Gasteiger charge is -2.13. The van der Waals surface area contributed by atoms with E-state index >= 15 is 0 Å². The second-order valence-corrected chi connectivity index (χ2v) is 5.86. The summed E-state index contributed by atoms with van der Waals surface area (Å²) < 4.78 is 0. The highest BCUT2D eigenvalue weighted by atomic mass is 15.1. The molecular formula is C16H34N4. The Kier molecular flexibility index (Phi) is 10.4. The number of nitrogens with zero attached hydrogens (tertiary/aromatic N) is 2. The van der Waals surface area contributed by atoms with Crippen LogP contribution in [0.1, 0.15) is 64.7 Å². The second-order valence-electron chi connectivity index (χ2n) is 5.86. The molecule has 0 aromatic carbocycles. The molecule has 1 aliphatic heterocycles. The molecule has 0 radical (unpaired) electrons. The van der Waals surface area contributed by atoms with Crippen molar-refractivity contribution in [3.05, 3.63) is 0 Å². The van der Waals surface area contributed by atoms with Crippen LogP contribution in [0.2, 0.25) is 0 Å². The van der Waals surface area contributed by atoms with Crippen molar-refractivity contribution in [2.24, 2.45) is 10.7 Å². The number of hydrogen-bond acceptors (Lipinski definition) is 2. The Morgan fingerprint density at radius 1 is 1.05 bits per heavy atom. The van der Waals surface area contributed by atoms with E-state index in [1.165, 1.54) is 71.0 Å². The van der Waals surface area contributed by atoms with Crippen LogP contribution in [0.15, 0.2) is 4.99 Å². The zero-order chi connectivity index (χ0) is 14.5. The molecule has 1 rings (SSSR count). The molecule has 0 unspecified atom stereocenters. The highest BCUT2D eigenvalue weighted by molar-refractivity contribution is 5.77. The molecule has 1 saturated heterocycles. The zero-order valence-corrected chi connectivity index (χ0v) is 13.4. The number of hydrogen-bond donors (Lipinski definition) is 2. The fourth-order valence-corrected chi connectivity index (χ4v) is 2.68. The average molecular weight is 282 g/mol. The first-order valence-corrected chi connectivity index (χ1v) is 8.59. The summed E-state index contributed by atoms with van der Waals surface area (Å²) in [5, 5.41) is 3.22. The van der Waals surface area contributed by atoms with E-state index in [-0.39, 0.29) is 0 Å². The van der Waals surface area contributed by atoms with Gasteiger partial charge < -0.3 is 16.0 Å². The lowest BCUT2D eigenvalue weighted by atomic mass is 10.1. The molecule has 0 bridgehead atoms. The lowest BCUT2D eigenvalue weighted by Crippen LogP contribution is -2.32. The third kappa shape index (κ3) is 9.18.